The first kappa shape index (κ1) is 94.1. The molecule has 570 valence electrons. The molecule has 0 radical (unpaired) electrons. The van der Waals surface area contributed by atoms with Crippen molar-refractivity contribution in [3.05, 3.63) is 0 Å². The van der Waals surface area contributed by atoms with Crippen molar-refractivity contribution in [2.75, 3.05) is 39.6 Å². The number of esters is 4. The van der Waals surface area contributed by atoms with Crippen LogP contribution in [0.3, 0.4) is 0 Å². The Morgan fingerprint density at radius 2 is 0.531 bits per heavy atom. The molecule has 0 rings (SSSR count). The van der Waals surface area contributed by atoms with Gasteiger partial charge >= 0.3 is 39.5 Å². The van der Waals surface area contributed by atoms with Gasteiger partial charge in [0.25, 0.3) is 0 Å². The van der Waals surface area contributed by atoms with Crippen LogP contribution in [0.1, 0.15) is 401 Å². The molecule has 0 amide bonds. The average molecular weight is 1410 g/mol. The number of carbonyl (C=O) groups is 4. The number of aliphatic hydroxyl groups excluding tert-OH is 1. The number of unbranched alkanes of at least 4 members (excludes halogenated alkanes) is 45. The molecule has 3 N–H and O–H groups in total. The van der Waals surface area contributed by atoms with Gasteiger partial charge in [0, 0.05) is 25.7 Å². The number of rotatable bonds is 76. The predicted octanol–water partition coefficient (Wildman–Crippen LogP) is 22.7. The second-order valence-electron chi connectivity index (χ2n) is 28.5. The minimum atomic E-state index is -4.96. The molecule has 0 bridgehead atoms. The number of aliphatic hydroxyl groups is 1. The summed E-state index contributed by atoms with van der Waals surface area (Å²) in [5.74, 6) is -0.606. The maximum Gasteiger partial charge on any atom is 0.472 e. The molecule has 0 aromatic carbocycles. The van der Waals surface area contributed by atoms with Gasteiger partial charge < -0.3 is 33.8 Å². The summed E-state index contributed by atoms with van der Waals surface area (Å²) in [5.41, 5.74) is 0. The zero-order valence-electron chi connectivity index (χ0n) is 62.7. The van der Waals surface area contributed by atoms with E-state index in [9.17, 15) is 43.2 Å². The number of phosphoric acid groups is 2. The standard InChI is InChI=1S/C77H150O17P2/c1-7-10-12-14-16-17-18-19-20-21-22-23-24-25-26-27-32-35-38-42-49-55-61-76(81)93-72(66-88-75(80)60-54-48-41-37-34-31-29-28-30-33-36-40-46-52-58-70(6)9-3)67-91-95(83,84)89-63-71(78)64-90-96(85,86)92-68-73(65-87-74(79)59-53-47-39-15-13-11-8-2)94-77(82)62-56-50-44-43-45-51-57-69(4)5/h69-73,78H,7-68H2,1-6H3,(H,83,84)(H,85,86)/t70?,71-,72-,73-/m1/s1. The van der Waals surface area contributed by atoms with E-state index in [4.69, 9.17) is 37.0 Å². The zero-order chi connectivity index (χ0) is 70.7. The van der Waals surface area contributed by atoms with Crippen LogP contribution in [0.25, 0.3) is 0 Å². The van der Waals surface area contributed by atoms with Gasteiger partial charge in [-0.25, -0.2) is 9.13 Å². The molecule has 0 saturated heterocycles. The molecular formula is C77H150O17P2. The lowest BCUT2D eigenvalue weighted by Crippen LogP contribution is -2.30. The fraction of sp³-hybridized carbons (Fsp3) is 0.948. The molecule has 3 unspecified atom stereocenters. The minimum absolute atomic E-state index is 0.102. The Hall–Kier alpha value is -1.94. The lowest BCUT2D eigenvalue weighted by molar-refractivity contribution is -0.161. The third kappa shape index (κ3) is 69.2. The van der Waals surface area contributed by atoms with Gasteiger partial charge in [0.1, 0.15) is 19.3 Å². The predicted molar refractivity (Wildman–Crippen MR) is 391 cm³/mol. The molecule has 0 spiro atoms. The smallest absolute Gasteiger partial charge is 0.462 e. The van der Waals surface area contributed by atoms with Gasteiger partial charge in [0.15, 0.2) is 12.2 Å². The quantitative estimate of drug-likeness (QED) is 0.0222. The fourth-order valence-corrected chi connectivity index (χ4v) is 13.4. The Kier molecular flexibility index (Phi) is 67.4. The molecule has 0 aromatic heterocycles. The highest BCUT2D eigenvalue weighted by Crippen LogP contribution is 2.45. The highest BCUT2D eigenvalue weighted by molar-refractivity contribution is 7.47. The van der Waals surface area contributed by atoms with E-state index >= 15 is 0 Å². The second-order valence-corrected chi connectivity index (χ2v) is 31.4. The van der Waals surface area contributed by atoms with Crippen molar-refractivity contribution in [1.29, 1.82) is 0 Å². The van der Waals surface area contributed by atoms with Crippen LogP contribution >= 0.6 is 15.6 Å². The SMILES string of the molecule is CCCCCCCCCCCCCCCCCCCCCCCCC(=O)O[C@H](COC(=O)CCCCCCCCCCCCCCCCC(C)CC)COP(=O)(O)OC[C@@H](O)COP(=O)(O)OC[C@@H](COC(=O)CCCCCCCCC)OC(=O)CCCCCCCCC(C)C. The molecule has 96 heavy (non-hydrogen) atoms. The Morgan fingerprint density at radius 3 is 0.792 bits per heavy atom. The third-order valence-electron chi connectivity index (χ3n) is 18.3. The summed E-state index contributed by atoms with van der Waals surface area (Å²) in [6.45, 7) is 9.51. The maximum atomic E-state index is 13.1. The number of phosphoric ester groups is 2. The van der Waals surface area contributed by atoms with Crippen molar-refractivity contribution in [3.63, 3.8) is 0 Å². The Balaban J connectivity index is 5.13. The van der Waals surface area contributed by atoms with Crippen LogP contribution in [0.2, 0.25) is 0 Å². The third-order valence-corrected chi connectivity index (χ3v) is 20.2. The summed E-state index contributed by atoms with van der Waals surface area (Å²) in [6.07, 6.45) is 57.4. The van der Waals surface area contributed by atoms with Crippen LogP contribution < -0.4 is 0 Å². The molecule has 0 aliphatic rings. The summed E-state index contributed by atoms with van der Waals surface area (Å²) in [5, 5.41) is 10.6. The highest BCUT2D eigenvalue weighted by atomic mass is 31.2. The molecule has 0 aliphatic heterocycles. The first-order valence-electron chi connectivity index (χ1n) is 40.0. The normalized spacial score (nSPS) is 14.3. The summed E-state index contributed by atoms with van der Waals surface area (Å²) in [7, 11) is -9.90. The van der Waals surface area contributed by atoms with Crippen LogP contribution in [0.4, 0.5) is 0 Å². The maximum absolute atomic E-state index is 13.1. The fourth-order valence-electron chi connectivity index (χ4n) is 11.8. The molecule has 0 aliphatic carbocycles. The summed E-state index contributed by atoms with van der Waals surface area (Å²) in [6, 6.07) is 0. The molecule has 19 heteroatoms. The van der Waals surface area contributed by atoms with Crippen molar-refractivity contribution in [2.24, 2.45) is 11.8 Å². The van der Waals surface area contributed by atoms with Crippen molar-refractivity contribution in [2.45, 2.75) is 419 Å². The largest absolute Gasteiger partial charge is 0.472 e. The van der Waals surface area contributed by atoms with Gasteiger partial charge in [-0.05, 0) is 37.5 Å². The van der Waals surface area contributed by atoms with E-state index in [0.29, 0.717) is 31.6 Å². The molecule has 17 nitrogen and oxygen atoms in total. The molecule has 0 heterocycles. The number of ether oxygens (including phenoxy) is 4. The van der Waals surface area contributed by atoms with Crippen molar-refractivity contribution in [3.8, 4) is 0 Å². The summed E-state index contributed by atoms with van der Waals surface area (Å²) < 4.78 is 68.3. The van der Waals surface area contributed by atoms with Crippen molar-refractivity contribution < 1.29 is 80.2 Å². The minimum Gasteiger partial charge on any atom is -0.462 e. The second kappa shape index (κ2) is 68.8. The van der Waals surface area contributed by atoms with E-state index in [1.54, 1.807) is 0 Å². The van der Waals surface area contributed by atoms with E-state index in [-0.39, 0.29) is 25.7 Å². The van der Waals surface area contributed by atoms with Crippen LogP contribution in [0, 0.1) is 11.8 Å². The number of hydrogen-bond donors (Lipinski definition) is 3. The van der Waals surface area contributed by atoms with E-state index in [1.165, 1.54) is 205 Å². The van der Waals surface area contributed by atoms with Gasteiger partial charge in [-0.1, -0.05) is 350 Å². The first-order chi connectivity index (χ1) is 46.4. The van der Waals surface area contributed by atoms with Crippen molar-refractivity contribution >= 4 is 39.5 Å². The summed E-state index contributed by atoms with van der Waals surface area (Å²) >= 11 is 0. The van der Waals surface area contributed by atoms with Gasteiger partial charge in [-0.2, -0.15) is 0 Å². The highest BCUT2D eigenvalue weighted by Gasteiger charge is 2.30. The molecule has 0 fully saturated rings. The monoisotopic (exact) mass is 1410 g/mol. The lowest BCUT2D eigenvalue weighted by Gasteiger charge is -2.21. The topological polar surface area (TPSA) is 237 Å². The molecule has 0 aromatic rings. The number of hydrogen-bond acceptors (Lipinski definition) is 15. The van der Waals surface area contributed by atoms with Crippen molar-refractivity contribution in [1.82, 2.24) is 0 Å². The molecular weight excluding hydrogens is 1260 g/mol. The van der Waals surface area contributed by atoms with E-state index in [0.717, 1.165) is 109 Å². The molecule has 6 atom stereocenters. The van der Waals surface area contributed by atoms with Crippen LogP contribution in [0.5, 0.6) is 0 Å². The lowest BCUT2D eigenvalue weighted by atomic mass is 9.99. The zero-order valence-corrected chi connectivity index (χ0v) is 64.5. The Bertz CT molecular complexity index is 1860. The average Bonchev–Trinajstić information content (AvgIpc) is 1.32. The van der Waals surface area contributed by atoms with E-state index < -0.39 is 97.5 Å². The van der Waals surface area contributed by atoms with Gasteiger partial charge in [0.05, 0.1) is 26.4 Å². The molecule has 0 saturated carbocycles. The van der Waals surface area contributed by atoms with E-state index in [2.05, 4.69) is 41.5 Å². The van der Waals surface area contributed by atoms with Gasteiger partial charge in [-0.15, -0.1) is 0 Å². The Morgan fingerprint density at radius 1 is 0.302 bits per heavy atom. The van der Waals surface area contributed by atoms with Crippen LogP contribution in [-0.4, -0.2) is 96.7 Å². The van der Waals surface area contributed by atoms with E-state index in [1.807, 2.05) is 0 Å². The summed E-state index contributed by atoms with van der Waals surface area (Å²) in [4.78, 5) is 72.6. The van der Waals surface area contributed by atoms with Crippen LogP contribution in [-0.2, 0) is 65.4 Å². The number of carbonyl (C=O) groups excluding carboxylic acids is 4. The van der Waals surface area contributed by atoms with Gasteiger partial charge in [-0.3, -0.25) is 37.3 Å². The first-order valence-corrected chi connectivity index (χ1v) is 43.0. The van der Waals surface area contributed by atoms with Gasteiger partial charge in [0.2, 0.25) is 0 Å². The van der Waals surface area contributed by atoms with Crippen LogP contribution in [0.15, 0.2) is 0 Å². The Labute approximate surface area is 588 Å².